The van der Waals surface area contributed by atoms with Crippen LogP contribution in [0.1, 0.15) is 31.0 Å². The molecular formula is C19H26N6O. The van der Waals surface area contributed by atoms with E-state index >= 15 is 0 Å². The van der Waals surface area contributed by atoms with Gasteiger partial charge < -0.3 is 15.5 Å². The molecule has 0 radical (unpaired) electrons. The summed E-state index contributed by atoms with van der Waals surface area (Å²) in [6.07, 6.45) is 3.38. The number of rotatable bonds is 6. The van der Waals surface area contributed by atoms with E-state index in [4.69, 9.17) is 0 Å². The molecular weight excluding hydrogens is 328 g/mol. The average Bonchev–Trinajstić information content (AvgIpc) is 3.26. The largest absolute Gasteiger partial charge is 0.357 e. The Hall–Kier alpha value is -2.83. The number of nitrogens with zero attached hydrogens (tertiary/aromatic N) is 4. The molecule has 7 heteroatoms. The quantitative estimate of drug-likeness (QED) is 0.613. The number of hydrogen-bond acceptors (Lipinski definition) is 3. The van der Waals surface area contributed by atoms with E-state index in [2.05, 4.69) is 20.7 Å². The minimum Gasteiger partial charge on any atom is -0.357 e. The number of hydrogen-bond donors (Lipinski definition) is 2. The average molecular weight is 354 g/mol. The van der Waals surface area contributed by atoms with Gasteiger partial charge in [-0.1, -0.05) is 12.1 Å². The van der Waals surface area contributed by atoms with E-state index in [0.717, 1.165) is 42.4 Å². The van der Waals surface area contributed by atoms with Gasteiger partial charge in [0.2, 0.25) is 5.91 Å². The van der Waals surface area contributed by atoms with Gasteiger partial charge >= 0.3 is 0 Å². The summed E-state index contributed by atoms with van der Waals surface area (Å²) in [6.45, 7) is 4.91. The zero-order valence-corrected chi connectivity index (χ0v) is 15.4. The molecule has 1 fully saturated rings. The highest BCUT2D eigenvalue weighted by atomic mass is 16.2. The molecule has 1 aliphatic rings. The van der Waals surface area contributed by atoms with Gasteiger partial charge in [0.1, 0.15) is 0 Å². The molecule has 26 heavy (non-hydrogen) atoms. The topological polar surface area (TPSA) is 74.6 Å². The third-order valence-electron chi connectivity index (χ3n) is 4.44. The van der Waals surface area contributed by atoms with E-state index in [1.54, 1.807) is 6.20 Å². The molecule has 0 unspecified atom stereocenters. The van der Waals surface area contributed by atoms with Crippen LogP contribution >= 0.6 is 0 Å². The molecule has 2 aromatic rings. The van der Waals surface area contributed by atoms with E-state index in [1.807, 2.05) is 53.9 Å². The molecule has 0 saturated carbocycles. The highest BCUT2D eigenvalue weighted by molar-refractivity contribution is 5.95. The Bertz CT molecular complexity index is 765. The molecule has 0 spiro atoms. The number of aryl methyl sites for hydroxylation is 1. The lowest BCUT2D eigenvalue weighted by atomic mass is 10.2. The molecule has 1 aliphatic heterocycles. The summed E-state index contributed by atoms with van der Waals surface area (Å²) in [7, 11) is 1.92. The minimum atomic E-state index is 0.213. The molecule has 1 amide bonds. The van der Waals surface area contributed by atoms with Gasteiger partial charge in [-0.05, 0) is 37.1 Å². The van der Waals surface area contributed by atoms with Crippen molar-refractivity contribution < 1.29 is 4.79 Å². The van der Waals surface area contributed by atoms with E-state index < -0.39 is 0 Å². The first-order chi connectivity index (χ1) is 12.7. The van der Waals surface area contributed by atoms with Gasteiger partial charge in [0.05, 0.1) is 18.8 Å². The molecule has 1 saturated heterocycles. The molecule has 0 atom stereocenters. The van der Waals surface area contributed by atoms with E-state index in [9.17, 15) is 4.79 Å². The Balaban J connectivity index is 1.60. The van der Waals surface area contributed by atoms with Gasteiger partial charge in [0.25, 0.3) is 0 Å². The lowest BCUT2D eigenvalue weighted by molar-refractivity contribution is -0.117. The van der Waals surface area contributed by atoms with Crippen LogP contribution in [-0.2, 0) is 24.9 Å². The summed E-state index contributed by atoms with van der Waals surface area (Å²) < 4.78 is 1.84. The summed E-state index contributed by atoms with van der Waals surface area (Å²) in [5.74, 6) is 0.983. The van der Waals surface area contributed by atoms with Crippen molar-refractivity contribution >= 4 is 17.6 Å². The van der Waals surface area contributed by atoms with Gasteiger partial charge in [-0.15, -0.1) is 0 Å². The predicted octanol–water partition coefficient (Wildman–Crippen LogP) is 1.80. The number of anilines is 1. The normalized spacial score (nSPS) is 14.8. The molecule has 2 N–H and O–H groups in total. The van der Waals surface area contributed by atoms with Crippen molar-refractivity contribution in [2.24, 2.45) is 12.0 Å². The zero-order valence-electron chi connectivity index (χ0n) is 15.4. The summed E-state index contributed by atoms with van der Waals surface area (Å²) in [4.78, 5) is 18.3. The maximum Gasteiger partial charge on any atom is 0.227 e. The molecule has 1 aromatic heterocycles. The van der Waals surface area contributed by atoms with E-state index in [1.165, 1.54) is 0 Å². The Morgan fingerprint density at radius 1 is 1.23 bits per heavy atom. The minimum absolute atomic E-state index is 0.213. The van der Waals surface area contributed by atoms with Crippen molar-refractivity contribution in [1.29, 1.82) is 0 Å². The Morgan fingerprint density at radius 2 is 2.04 bits per heavy atom. The smallest absolute Gasteiger partial charge is 0.227 e. The van der Waals surface area contributed by atoms with Crippen molar-refractivity contribution in [3.05, 3.63) is 47.8 Å². The second-order valence-electron chi connectivity index (χ2n) is 6.31. The van der Waals surface area contributed by atoms with Gasteiger partial charge in [0, 0.05) is 38.4 Å². The number of amides is 1. The molecule has 0 aliphatic carbocycles. The molecule has 7 nitrogen and oxygen atoms in total. The first-order valence-electron chi connectivity index (χ1n) is 9.05. The first-order valence-corrected chi connectivity index (χ1v) is 9.05. The zero-order chi connectivity index (χ0) is 18.4. The number of aromatic nitrogens is 2. The molecule has 0 bridgehead atoms. The number of carbonyl (C=O) groups is 1. The summed E-state index contributed by atoms with van der Waals surface area (Å²) in [5, 5.41) is 10.7. The van der Waals surface area contributed by atoms with Gasteiger partial charge in [-0.3, -0.25) is 9.48 Å². The molecule has 138 valence electrons. The first kappa shape index (κ1) is 18.0. The lowest BCUT2D eigenvalue weighted by Crippen LogP contribution is -2.37. The second kappa shape index (κ2) is 8.51. The maximum atomic E-state index is 11.8. The summed E-state index contributed by atoms with van der Waals surface area (Å²) >= 11 is 0. The fourth-order valence-corrected chi connectivity index (χ4v) is 2.96. The fraction of sp³-hybridized carbons (Fsp3) is 0.421. The van der Waals surface area contributed by atoms with Crippen LogP contribution in [0.3, 0.4) is 0 Å². The monoisotopic (exact) mass is 354 g/mol. The SMILES string of the molecule is CCNC(=NCc1ccc(N2CCCC2=O)cc1)NCc1ccnn1C. The van der Waals surface area contributed by atoms with Crippen LogP contribution in [0, 0.1) is 0 Å². The van der Waals surface area contributed by atoms with Crippen LogP contribution in [0.25, 0.3) is 0 Å². The summed E-state index contributed by atoms with van der Waals surface area (Å²) in [6, 6.07) is 10.1. The molecule has 2 heterocycles. The van der Waals surface area contributed by atoms with Crippen LogP contribution in [-0.4, -0.2) is 34.7 Å². The second-order valence-corrected chi connectivity index (χ2v) is 6.31. The van der Waals surface area contributed by atoms with E-state index in [-0.39, 0.29) is 5.91 Å². The van der Waals surface area contributed by atoms with E-state index in [0.29, 0.717) is 19.5 Å². The van der Waals surface area contributed by atoms with Crippen LogP contribution in [0.2, 0.25) is 0 Å². The Labute approximate surface area is 154 Å². The Morgan fingerprint density at radius 3 is 2.65 bits per heavy atom. The third kappa shape index (κ3) is 4.41. The van der Waals surface area contributed by atoms with Gasteiger partial charge in [0.15, 0.2) is 5.96 Å². The van der Waals surface area contributed by atoms with Gasteiger partial charge in [-0.25, -0.2) is 4.99 Å². The van der Waals surface area contributed by atoms with Crippen LogP contribution in [0.4, 0.5) is 5.69 Å². The van der Waals surface area contributed by atoms with Crippen molar-refractivity contribution in [2.45, 2.75) is 32.9 Å². The molecule has 1 aromatic carbocycles. The Kier molecular flexibility index (Phi) is 5.88. The number of nitrogens with one attached hydrogen (secondary N) is 2. The number of carbonyl (C=O) groups excluding carboxylic acids is 1. The number of benzene rings is 1. The molecule has 3 rings (SSSR count). The van der Waals surface area contributed by atoms with Crippen LogP contribution < -0.4 is 15.5 Å². The summed E-state index contributed by atoms with van der Waals surface area (Å²) in [5.41, 5.74) is 3.18. The standard InChI is InChI=1S/C19H26N6O/c1-3-20-19(22-14-17-10-11-23-24(17)2)21-13-15-6-8-16(9-7-15)25-12-4-5-18(25)26/h6-11H,3-5,12-14H2,1-2H3,(H2,20,21,22). The third-order valence-corrected chi connectivity index (χ3v) is 4.44. The van der Waals surface area contributed by atoms with Crippen molar-refractivity contribution in [1.82, 2.24) is 20.4 Å². The maximum absolute atomic E-state index is 11.8. The highest BCUT2D eigenvalue weighted by Gasteiger charge is 2.21. The van der Waals surface area contributed by atoms with Crippen molar-refractivity contribution in [3.8, 4) is 0 Å². The van der Waals surface area contributed by atoms with Crippen molar-refractivity contribution in [3.63, 3.8) is 0 Å². The lowest BCUT2D eigenvalue weighted by Gasteiger charge is -2.16. The predicted molar refractivity (Wildman–Crippen MR) is 103 cm³/mol. The number of aliphatic imine (C=N–C) groups is 1. The van der Waals surface area contributed by atoms with Crippen LogP contribution in [0.15, 0.2) is 41.5 Å². The van der Waals surface area contributed by atoms with Crippen LogP contribution in [0.5, 0.6) is 0 Å². The van der Waals surface area contributed by atoms with Gasteiger partial charge in [-0.2, -0.15) is 5.10 Å². The highest BCUT2D eigenvalue weighted by Crippen LogP contribution is 2.21. The van der Waals surface area contributed by atoms with Crippen molar-refractivity contribution in [2.75, 3.05) is 18.0 Å². The number of guanidine groups is 1. The fourth-order valence-electron chi connectivity index (χ4n) is 2.96.